The van der Waals surface area contributed by atoms with Crippen LogP contribution >= 0.6 is 27.3 Å². The van der Waals surface area contributed by atoms with Gasteiger partial charge in [-0.3, -0.25) is 0 Å². The van der Waals surface area contributed by atoms with Crippen LogP contribution in [0.3, 0.4) is 0 Å². The minimum atomic E-state index is 0.766. The molecule has 0 atom stereocenters. The standard InChI is InChI=1S/C22H13BrN2S/c23-16-12-10-14(11-13-16)20-19-17-8-4-5-9-18(17)26-22(19)25-21(24-20)15-6-2-1-3-7-15/h1-13H. The van der Waals surface area contributed by atoms with Crippen LogP contribution in [-0.4, -0.2) is 9.97 Å². The van der Waals surface area contributed by atoms with Gasteiger partial charge in [0.15, 0.2) is 5.82 Å². The van der Waals surface area contributed by atoms with Crippen molar-refractivity contribution in [3.8, 4) is 22.6 Å². The molecule has 0 saturated heterocycles. The highest BCUT2D eigenvalue weighted by atomic mass is 79.9. The van der Waals surface area contributed by atoms with Crippen LogP contribution in [0, 0.1) is 0 Å². The zero-order chi connectivity index (χ0) is 17.5. The summed E-state index contributed by atoms with van der Waals surface area (Å²) in [5.41, 5.74) is 3.12. The van der Waals surface area contributed by atoms with Crippen LogP contribution < -0.4 is 0 Å². The van der Waals surface area contributed by atoms with Crippen molar-refractivity contribution in [2.75, 3.05) is 0 Å². The largest absolute Gasteiger partial charge is 0.227 e. The summed E-state index contributed by atoms with van der Waals surface area (Å²) in [5, 5.41) is 2.35. The molecule has 0 unspecified atom stereocenters. The van der Waals surface area contributed by atoms with E-state index < -0.39 is 0 Å². The fourth-order valence-corrected chi connectivity index (χ4v) is 4.50. The van der Waals surface area contributed by atoms with Gasteiger partial charge in [0.1, 0.15) is 4.83 Å². The molecule has 0 saturated carbocycles. The molecule has 3 aromatic carbocycles. The van der Waals surface area contributed by atoms with Gasteiger partial charge in [0.05, 0.1) is 5.69 Å². The second-order valence-corrected chi connectivity index (χ2v) is 7.99. The van der Waals surface area contributed by atoms with E-state index in [1.165, 1.54) is 10.1 Å². The van der Waals surface area contributed by atoms with Crippen LogP contribution in [-0.2, 0) is 0 Å². The Labute approximate surface area is 163 Å². The van der Waals surface area contributed by atoms with Gasteiger partial charge in [0.25, 0.3) is 0 Å². The number of nitrogens with zero attached hydrogens (tertiary/aromatic N) is 2. The highest BCUT2D eigenvalue weighted by Crippen LogP contribution is 2.39. The molecule has 5 aromatic rings. The van der Waals surface area contributed by atoms with Crippen LogP contribution in [0.1, 0.15) is 0 Å². The zero-order valence-electron chi connectivity index (χ0n) is 13.7. The normalized spacial score (nSPS) is 11.3. The lowest BCUT2D eigenvalue weighted by Gasteiger charge is -2.07. The molecule has 0 aliphatic heterocycles. The van der Waals surface area contributed by atoms with Crippen molar-refractivity contribution in [1.29, 1.82) is 0 Å². The Morgan fingerprint density at radius 1 is 0.692 bits per heavy atom. The minimum absolute atomic E-state index is 0.766. The molecule has 0 spiro atoms. The zero-order valence-corrected chi connectivity index (χ0v) is 16.1. The van der Waals surface area contributed by atoms with Gasteiger partial charge in [-0.15, -0.1) is 11.3 Å². The van der Waals surface area contributed by atoms with E-state index >= 15 is 0 Å². The van der Waals surface area contributed by atoms with Crippen molar-refractivity contribution < 1.29 is 0 Å². The second kappa shape index (κ2) is 6.31. The maximum absolute atomic E-state index is 4.97. The molecule has 2 heterocycles. The highest BCUT2D eigenvalue weighted by Gasteiger charge is 2.16. The van der Waals surface area contributed by atoms with Gasteiger partial charge in [0, 0.05) is 31.1 Å². The molecule has 0 radical (unpaired) electrons. The highest BCUT2D eigenvalue weighted by molar-refractivity contribution is 9.10. The number of aromatic nitrogens is 2. The van der Waals surface area contributed by atoms with Crippen LogP contribution in [0.15, 0.2) is 83.3 Å². The van der Waals surface area contributed by atoms with E-state index in [0.29, 0.717) is 0 Å². The Balaban J connectivity index is 1.88. The Bertz CT molecular complexity index is 1230. The first-order valence-corrected chi connectivity index (χ1v) is 9.91. The van der Waals surface area contributed by atoms with Crippen LogP contribution in [0.4, 0.5) is 0 Å². The summed E-state index contributed by atoms with van der Waals surface area (Å²) in [5.74, 6) is 0.766. The van der Waals surface area contributed by atoms with Gasteiger partial charge in [-0.2, -0.15) is 0 Å². The van der Waals surface area contributed by atoms with Gasteiger partial charge >= 0.3 is 0 Å². The number of hydrogen-bond donors (Lipinski definition) is 0. The maximum Gasteiger partial charge on any atom is 0.161 e. The summed E-state index contributed by atoms with van der Waals surface area (Å²) in [7, 11) is 0. The molecule has 124 valence electrons. The number of hydrogen-bond acceptors (Lipinski definition) is 3. The van der Waals surface area contributed by atoms with Crippen molar-refractivity contribution in [2.24, 2.45) is 0 Å². The van der Waals surface area contributed by atoms with Gasteiger partial charge in [-0.05, 0) is 18.2 Å². The molecule has 5 rings (SSSR count). The molecule has 0 bridgehead atoms. The minimum Gasteiger partial charge on any atom is -0.227 e. The average molecular weight is 417 g/mol. The van der Waals surface area contributed by atoms with Crippen LogP contribution in [0.2, 0.25) is 0 Å². The fraction of sp³-hybridized carbons (Fsp3) is 0. The Kier molecular flexibility index (Phi) is 3.80. The van der Waals surface area contributed by atoms with E-state index in [4.69, 9.17) is 9.97 Å². The third-order valence-electron chi connectivity index (χ3n) is 4.39. The van der Waals surface area contributed by atoms with E-state index in [1.54, 1.807) is 11.3 Å². The van der Waals surface area contributed by atoms with Crippen molar-refractivity contribution in [3.05, 3.63) is 83.3 Å². The van der Waals surface area contributed by atoms with Crippen molar-refractivity contribution in [2.45, 2.75) is 0 Å². The summed E-state index contributed by atoms with van der Waals surface area (Å²) in [6, 6.07) is 26.9. The Hall–Kier alpha value is -2.56. The van der Waals surface area contributed by atoms with Crippen LogP contribution in [0.25, 0.3) is 42.9 Å². The number of thiophene rings is 1. The molecule has 26 heavy (non-hydrogen) atoms. The van der Waals surface area contributed by atoms with E-state index in [1.807, 2.05) is 18.2 Å². The first-order chi connectivity index (χ1) is 12.8. The third-order valence-corrected chi connectivity index (χ3v) is 5.98. The van der Waals surface area contributed by atoms with Gasteiger partial charge in [-0.1, -0.05) is 76.6 Å². The monoisotopic (exact) mass is 416 g/mol. The summed E-state index contributed by atoms with van der Waals surface area (Å²) in [6.07, 6.45) is 0. The average Bonchev–Trinajstić information content (AvgIpc) is 3.07. The second-order valence-electron chi connectivity index (χ2n) is 6.05. The molecule has 0 aliphatic rings. The quantitative estimate of drug-likeness (QED) is 0.311. The first-order valence-electron chi connectivity index (χ1n) is 8.30. The molecular weight excluding hydrogens is 404 g/mol. The Morgan fingerprint density at radius 3 is 2.23 bits per heavy atom. The maximum atomic E-state index is 4.97. The molecule has 0 amide bonds. The lowest BCUT2D eigenvalue weighted by molar-refractivity contribution is 1.24. The number of halogens is 1. The molecule has 2 aromatic heterocycles. The predicted molar refractivity (Wildman–Crippen MR) is 113 cm³/mol. The van der Waals surface area contributed by atoms with E-state index in [0.717, 1.165) is 37.3 Å². The van der Waals surface area contributed by atoms with E-state index in [9.17, 15) is 0 Å². The van der Waals surface area contributed by atoms with Crippen molar-refractivity contribution in [1.82, 2.24) is 9.97 Å². The predicted octanol–water partition coefficient (Wildman–Crippen LogP) is 6.94. The molecule has 2 nitrogen and oxygen atoms in total. The van der Waals surface area contributed by atoms with E-state index in [-0.39, 0.29) is 0 Å². The first kappa shape index (κ1) is 15.7. The number of benzene rings is 3. The lowest BCUT2D eigenvalue weighted by atomic mass is 10.1. The summed E-state index contributed by atoms with van der Waals surface area (Å²) in [6.45, 7) is 0. The molecule has 4 heteroatoms. The third kappa shape index (κ3) is 2.62. The van der Waals surface area contributed by atoms with Gasteiger partial charge in [-0.25, -0.2) is 9.97 Å². The fourth-order valence-electron chi connectivity index (χ4n) is 3.16. The van der Waals surface area contributed by atoms with Gasteiger partial charge < -0.3 is 0 Å². The molecular formula is C22H13BrN2S. The topological polar surface area (TPSA) is 25.8 Å². The van der Waals surface area contributed by atoms with Gasteiger partial charge in [0.2, 0.25) is 0 Å². The summed E-state index contributed by atoms with van der Waals surface area (Å²) >= 11 is 5.24. The molecule has 0 aliphatic carbocycles. The summed E-state index contributed by atoms with van der Waals surface area (Å²) < 4.78 is 2.30. The number of rotatable bonds is 2. The van der Waals surface area contributed by atoms with Crippen molar-refractivity contribution in [3.63, 3.8) is 0 Å². The summed E-state index contributed by atoms with van der Waals surface area (Å²) in [4.78, 5) is 10.9. The lowest BCUT2D eigenvalue weighted by Crippen LogP contribution is -1.93. The van der Waals surface area contributed by atoms with Crippen molar-refractivity contribution >= 4 is 47.6 Å². The van der Waals surface area contributed by atoms with Crippen LogP contribution in [0.5, 0.6) is 0 Å². The number of fused-ring (bicyclic) bond motifs is 3. The van der Waals surface area contributed by atoms with E-state index in [2.05, 4.69) is 76.6 Å². The molecule has 0 fully saturated rings. The molecule has 0 N–H and O–H groups in total. The smallest absolute Gasteiger partial charge is 0.161 e. The Morgan fingerprint density at radius 2 is 1.42 bits per heavy atom. The SMILES string of the molecule is Brc1ccc(-c2nc(-c3ccccc3)nc3sc4ccccc4c23)cc1.